The quantitative estimate of drug-likeness (QED) is 0.539. The third kappa shape index (κ3) is 5.51. The predicted molar refractivity (Wildman–Crippen MR) is 119 cm³/mol. The second-order valence-electron chi connectivity index (χ2n) is 6.42. The standard InChI is InChI=1S/C20H19Cl3N2O3S/c1-2-15(10-28-20(27)24-14-6-3-12(21)4-7-14)25-18(26)11-29-19(25)16-8-5-13(22)9-17(16)23/h3-9,15,19H,2,10-11H2,1H3,(H,24,27)/t15-,19+/m1/s1. The zero-order valence-corrected chi connectivity index (χ0v) is 18.6. The number of rotatable bonds is 6. The fraction of sp³-hybridized carbons (Fsp3) is 0.300. The number of thioether (sulfide) groups is 1. The molecule has 1 fully saturated rings. The van der Waals surface area contributed by atoms with E-state index in [0.29, 0.717) is 32.9 Å². The molecule has 2 aromatic carbocycles. The number of carbonyl (C=O) groups excluding carboxylic acids is 2. The lowest BCUT2D eigenvalue weighted by Gasteiger charge is -2.32. The third-order valence-corrected chi connectivity index (χ3v) is 6.52. The predicted octanol–water partition coefficient (Wildman–Crippen LogP) is 6.25. The van der Waals surface area contributed by atoms with Crippen molar-refractivity contribution in [3.63, 3.8) is 0 Å². The van der Waals surface area contributed by atoms with Gasteiger partial charge in [-0.05, 0) is 42.8 Å². The van der Waals surface area contributed by atoms with Crippen LogP contribution in [-0.2, 0) is 9.53 Å². The number of amides is 2. The van der Waals surface area contributed by atoms with Gasteiger partial charge in [0, 0.05) is 26.3 Å². The van der Waals surface area contributed by atoms with Crippen LogP contribution in [0.4, 0.5) is 10.5 Å². The van der Waals surface area contributed by atoms with Crippen molar-refractivity contribution in [1.29, 1.82) is 0 Å². The van der Waals surface area contributed by atoms with Gasteiger partial charge in [-0.2, -0.15) is 0 Å². The van der Waals surface area contributed by atoms with E-state index >= 15 is 0 Å². The van der Waals surface area contributed by atoms with Crippen LogP contribution in [0.5, 0.6) is 0 Å². The van der Waals surface area contributed by atoms with Gasteiger partial charge in [-0.3, -0.25) is 10.1 Å². The monoisotopic (exact) mass is 472 g/mol. The first-order valence-electron chi connectivity index (χ1n) is 8.96. The van der Waals surface area contributed by atoms with Crippen LogP contribution < -0.4 is 5.32 Å². The van der Waals surface area contributed by atoms with Crippen molar-refractivity contribution >= 4 is 64.3 Å². The number of halogens is 3. The van der Waals surface area contributed by atoms with Gasteiger partial charge in [-0.15, -0.1) is 11.8 Å². The molecule has 2 atom stereocenters. The Hall–Kier alpha value is -1.60. The van der Waals surface area contributed by atoms with Crippen LogP contribution in [-0.4, -0.2) is 35.3 Å². The second kappa shape index (κ2) is 9.94. The lowest BCUT2D eigenvalue weighted by Crippen LogP contribution is -2.41. The average molecular weight is 474 g/mol. The normalized spacial score (nSPS) is 17.3. The first-order chi connectivity index (χ1) is 13.9. The molecule has 0 bridgehead atoms. The van der Waals surface area contributed by atoms with Crippen LogP contribution >= 0.6 is 46.6 Å². The van der Waals surface area contributed by atoms with Gasteiger partial charge in [-0.1, -0.05) is 47.8 Å². The minimum Gasteiger partial charge on any atom is -0.447 e. The summed E-state index contributed by atoms with van der Waals surface area (Å²) in [5, 5.41) is 4.01. The van der Waals surface area contributed by atoms with Crippen molar-refractivity contribution in [2.24, 2.45) is 0 Å². The summed E-state index contributed by atoms with van der Waals surface area (Å²) in [4.78, 5) is 26.5. The molecule has 2 aromatic rings. The molecule has 9 heteroatoms. The molecule has 5 nitrogen and oxygen atoms in total. The highest BCUT2D eigenvalue weighted by molar-refractivity contribution is 8.00. The lowest BCUT2D eigenvalue weighted by molar-refractivity contribution is -0.131. The number of anilines is 1. The maximum atomic E-state index is 12.6. The molecule has 1 aliphatic heterocycles. The summed E-state index contributed by atoms with van der Waals surface area (Å²) in [6, 6.07) is 11.7. The molecule has 2 amide bonds. The number of ether oxygens (including phenoxy) is 1. The summed E-state index contributed by atoms with van der Waals surface area (Å²) in [5.74, 6) is 0.330. The molecule has 154 valence electrons. The van der Waals surface area contributed by atoms with E-state index in [2.05, 4.69) is 5.32 Å². The van der Waals surface area contributed by atoms with Crippen molar-refractivity contribution in [1.82, 2.24) is 4.90 Å². The second-order valence-corrected chi connectivity index (χ2v) is 8.77. The Bertz CT molecular complexity index is 895. The van der Waals surface area contributed by atoms with E-state index < -0.39 is 6.09 Å². The van der Waals surface area contributed by atoms with Crippen molar-refractivity contribution in [2.75, 3.05) is 17.7 Å². The molecule has 1 aliphatic rings. The van der Waals surface area contributed by atoms with Crippen molar-refractivity contribution in [3.05, 3.63) is 63.1 Å². The van der Waals surface area contributed by atoms with E-state index in [-0.39, 0.29) is 23.9 Å². The fourth-order valence-electron chi connectivity index (χ4n) is 3.03. The molecule has 0 aliphatic carbocycles. The average Bonchev–Trinajstić information content (AvgIpc) is 3.05. The van der Waals surface area contributed by atoms with E-state index in [1.165, 1.54) is 11.8 Å². The van der Waals surface area contributed by atoms with E-state index in [1.54, 1.807) is 41.3 Å². The molecule has 0 spiro atoms. The van der Waals surface area contributed by atoms with Gasteiger partial charge in [-0.25, -0.2) is 4.79 Å². The highest BCUT2D eigenvalue weighted by Gasteiger charge is 2.38. The Balaban J connectivity index is 1.67. The molecule has 3 rings (SSSR count). The Morgan fingerprint density at radius 2 is 1.90 bits per heavy atom. The Morgan fingerprint density at radius 1 is 1.21 bits per heavy atom. The van der Waals surface area contributed by atoms with Gasteiger partial charge in [0.15, 0.2) is 0 Å². The van der Waals surface area contributed by atoms with E-state index in [4.69, 9.17) is 39.5 Å². The molecule has 0 radical (unpaired) electrons. The number of hydrogen-bond acceptors (Lipinski definition) is 4. The van der Waals surface area contributed by atoms with E-state index in [9.17, 15) is 9.59 Å². The molecule has 0 saturated carbocycles. The molecular weight excluding hydrogens is 455 g/mol. The number of carbonyl (C=O) groups is 2. The zero-order chi connectivity index (χ0) is 21.0. The zero-order valence-electron chi connectivity index (χ0n) is 15.5. The van der Waals surface area contributed by atoms with Gasteiger partial charge in [0.05, 0.1) is 11.8 Å². The van der Waals surface area contributed by atoms with Gasteiger partial charge in [0.2, 0.25) is 5.91 Å². The summed E-state index contributed by atoms with van der Waals surface area (Å²) in [6.45, 7) is 2.02. The molecule has 29 heavy (non-hydrogen) atoms. The topological polar surface area (TPSA) is 58.6 Å². The van der Waals surface area contributed by atoms with Crippen LogP contribution in [0.15, 0.2) is 42.5 Å². The number of nitrogens with one attached hydrogen (secondary N) is 1. The van der Waals surface area contributed by atoms with Crippen LogP contribution in [0.2, 0.25) is 15.1 Å². The SMILES string of the molecule is CC[C@H](COC(=O)Nc1ccc(Cl)cc1)N1C(=O)CS[C@H]1c1ccc(Cl)cc1Cl. The van der Waals surface area contributed by atoms with Crippen molar-refractivity contribution in [2.45, 2.75) is 24.8 Å². The van der Waals surface area contributed by atoms with Gasteiger partial charge < -0.3 is 9.64 Å². The molecule has 1 N–H and O–H groups in total. The first-order valence-corrected chi connectivity index (χ1v) is 11.1. The maximum absolute atomic E-state index is 12.6. The van der Waals surface area contributed by atoms with Gasteiger partial charge >= 0.3 is 6.09 Å². The summed E-state index contributed by atoms with van der Waals surface area (Å²) in [7, 11) is 0. The number of nitrogens with zero attached hydrogens (tertiary/aromatic N) is 1. The number of benzene rings is 2. The van der Waals surface area contributed by atoms with Crippen LogP contribution in [0.1, 0.15) is 24.3 Å². The summed E-state index contributed by atoms with van der Waals surface area (Å²) < 4.78 is 5.38. The largest absolute Gasteiger partial charge is 0.447 e. The van der Waals surface area contributed by atoms with Crippen LogP contribution in [0, 0.1) is 0 Å². The minimum atomic E-state index is -0.592. The minimum absolute atomic E-state index is 0.0143. The fourth-order valence-corrected chi connectivity index (χ4v) is 5.01. The molecule has 0 aromatic heterocycles. The molecule has 1 heterocycles. The highest BCUT2D eigenvalue weighted by atomic mass is 35.5. The molecule has 1 saturated heterocycles. The maximum Gasteiger partial charge on any atom is 0.411 e. The van der Waals surface area contributed by atoms with Crippen molar-refractivity contribution < 1.29 is 14.3 Å². The summed E-state index contributed by atoms with van der Waals surface area (Å²) in [5.41, 5.74) is 1.39. The summed E-state index contributed by atoms with van der Waals surface area (Å²) in [6.07, 6.45) is 0.0357. The Kier molecular flexibility index (Phi) is 7.57. The molecule has 0 unspecified atom stereocenters. The Labute approximate surface area is 188 Å². The third-order valence-electron chi connectivity index (χ3n) is 4.50. The summed E-state index contributed by atoms with van der Waals surface area (Å²) >= 11 is 19.7. The van der Waals surface area contributed by atoms with Gasteiger partial charge in [0.1, 0.15) is 12.0 Å². The van der Waals surface area contributed by atoms with Crippen LogP contribution in [0.3, 0.4) is 0 Å². The lowest BCUT2D eigenvalue weighted by atomic mass is 10.1. The number of hydrogen-bond donors (Lipinski definition) is 1. The van der Waals surface area contributed by atoms with E-state index in [0.717, 1.165) is 5.56 Å². The van der Waals surface area contributed by atoms with E-state index in [1.807, 2.05) is 13.0 Å². The smallest absolute Gasteiger partial charge is 0.411 e. The highest BCUT2D eigenvalue weighted by Crippen LogP contribution is 2.43. The molecular formula is C20H19Cl3N2O3S. The van der Waals surface area contributed by atoms with Crippen molar-refractivity contribution in [3.8, 4) is 0 Å². The van der Waals surface area contributed by atoms with Crippen LogP contribution in [0.25, 0.3) is 0 Å². The van der Waals surface area contributed by atoms with Gasteiger partial charge in [0.25, 0.3) is 0 Å². The first kappa shape index (κ1) is 22.1. The Morgan fingerprint density at radius 3 is 2.55 bits per heavy atom.